The number of anilines is 1. The van der Waals surface area contributed by atoms with Gasteiger partial charge in [0.15, 0.2) is 0 Å². The van der Waals surface area contributed by atoms with Crippen LogP contribution < -0.4 is 4.90 Å². The molecule has 0 radical (unpaired) electrons. The summed E-state index contributed by atoms with van der Waals surface area (Å²) in [6.45, 7) is 13.3. The Morgan fingerprint density at radius 3 is 2.12 bits per heavy atom. The number of hydrogen-bond acceptors (Lipinski definition) is 4. The Morgan fingerprint density at radius 2 is 1.50 bits per heavy atom. The third-order valence-electron chi connectivity index (χ3n) is 10.1. The highest BCUT2D eigenvalue weighted by Gasteiger charge is 2.43. The molecule has 0 bridgehead atoms. The van der Waals surface area contributed by atoms with Gasteiger partial charge in [-0.05, 0) is 86.6 Å². The number of benzene rings is 2. The first-order chi connectivity index (χ1) is 20.1. The second-order valence-electron chi connectivity index (χ2n) is 13.6. The van der Waals surface area contributed by atoms with Gasteiger partial charge in [-0.1, -0.05) is 51.1 Å². The molecule has 42 heavy (non-hydrogen) atoms. The normalized spacial score (nSPS) is 26.4. The zero-order valence-electron chi connectivity index (χ0n) is 25.7. The molecule has 0 N–H and O–H groups in total. The Morgan fingerprint density at radius 1 is 0.833 bits per heavy atom. The summed E-state index contributed by atoms with van der Waals surface area (Å²) in [6.07, 6.45) is 2.72. The predicted molar refractivity (Wildman–Crippen MR) is 163 cm³/mol. The van der Waals surface area contributed by atoms with Gasteiger partial charge < -0.3 is 14.4 Å². The highest BCUT2D eigenvalue weighted by Crippen LogP contribution is 2.45. The summed E-state index contributed by atoms with van der Waals surface area (Å²) in [7, 11) is 0. The minimum Gasteiger partial charge on any atom is -0.381 e. The van der Waals surface area contributed by atoms with Crippen LogP contribution in [0.15, 0.2) is 54.6 Å². The first-order valence-corrected chi connectivity index (χ1v) is 16.0. The quantitative estimate of drug-likeness (QED) is 0.298. The summed E-state index contributed by atoms with van der Waals surface area (Å²) < 4.78 is 52.1. The minimum atomic E-state index is -4.31. The molecule has 3 atom stereocenters. The molecule has 3 aliphatic rings. The molecule has 0 aromatic heterocycles. The zero-order valence-corrected chi connectivity index (χ0v) is 25.7. The smallest absolute Gasteiger partial charge is 0.381 e. The van der Waals surface area contributed by atoms with Crippen molar-refractivity contribution in [2.75, 3.05) is 50.9 Å². The van der Waals surface area contributed by atoms with Crippen molar-refractivity contribution in [3.8, 4) is 0 Å². The minimum absolute atomic E-state index is 0.113. The first kappa shape index (κ1) is 31.3. The van der Waals surface area contributed by atoms with Gasteiger partial charge in [-0.15, -0.1) is 0 Å². The number of ether oxygens (including phenoxy) is 2. The molecule has 0 amide bonds. The molecule has 2 aromatic rings. The molecule has 3 fully saturated rings. The second-order valence-corrected chi connectivity index (χ2v) is 13.6. The molecule has 0 saturated carbocycles. The third kappa shape index (κ3) is 7.34. The number of nitrogens with zero attached hydrogens (tertiary/aromatic N) is 2. The van der Waals surface area contributed by atoms with Crippen molar-refractivity contribution < 1.29 is 22.6 Å². The van der Waals surface area contributed by atoms with Gasteiger partial charge in [0.1, 0.15) is 0 Å². The van der Waals surface area contributed by atoms with E-state index in [1.54, 1.807) is 12.1 Å². The Labute approximate surface area is 250 Å². The molecule has 3 saturated heterocycles. The third-order valence-corrected chi connectivity index (χ3v) is 10.1. The standard InChI is InChI=1S/C35H49F3N2O2/c1-27(2)24-33(29-9-11-30(12-10-29)35(36,37)38)13-22-42-32(26-33)23-28(3)25-34(14-20-41-21-15-34)40-18-16-39(17-19-40)31-7-5-4-6-8-31/h4-12,27-28,32H,13-26H2,1-3H3. The van der Waals surface area contributed by atoms with E-state index >= 15 is 0 Å². The maximum atomic E-state index is 13.3. The highest BCUT2D eigenvalue weighted by molar-refractivity contribution is 5.46. The molecule has 4 nitrogen and oxygen atoms in total. The molecule has 0 spiro atoms. The number of alkyl halides is 3. The molecule has 3 unspecified atom stereocenters. The lowest BCUT2D eigenvalue weighted by Crippen LogP contribution is -2.59. The van der Waals surface area contributed by atoms with Crippen molar-refractivity contribution >= 4 is 5.69 Å². The van der Waals surface area contributed by atoms with Crippen LogP contribution in [-0.4, -0.2) is 62.5 Å². The summed E-state index contributed by atoms with van der Waals surface area (Å²) in [6, 6.07) is 16.7. The number of hydrogen-bond donors (Lipinski definition) is 0. The SMILES string of the molecule is CC(C)CC1(c2ccc(C(F)(F)F)cc2)CCOC(CC(C)CC2(N3CCN(c4ccccc4)CC3)CCOCC2)C1. The fourth-order valence-electron chi connectivity index (χ4n) is 8.19. The van der Waals surface area contributed by atoms with Gasteiger partial charge in [-0.2, -0.15) is 13.2 Å². The van der Waals surface area contributed by atoms with Crippen LogP contribution in [0.2, 0.25) is 0 Å². The number of halogens is 3. The maximum absolute atomic E-state index is 13.3. The second kappa shape index (κ2) is 13.3. The van der Waals surface area contributed by atoms with Gasteiger partial charge in [0.25, 0.3) is 0 Å². The van der Waals surface area contributed by atoms with Crippen molar-refractivity contribution in [3.63, 3.8) is 0 Å². The van der Waals surface area contributed by atoms with E-state index in [1.807, 2.05) is 0 Å². The van der Waals surface area contributed by atoms with E-state index in [0.29, 0.717) is 18.4 Å². The van der Waals surface area contributed by atoms with Crippen molar-refractivity contribution in [2.24, 2.45) is 11.8 Å². The summed E-state index contributed by atoms with van der Waals surface area (Å²) >= 11 is 0. The molecule has 0 aliphatic carbocycles. The molecule has 2 aromatic carbocycles. The Bertz CT molecular complexity index is 1110. The van der Waals surface area contributed by atoms with Gasteiger partial charge in [-0.25, -0.2) is 0 Å². The fourth-order valence-corrected chi connectivity index (χ4v) is 8.19. The molecule has 232 valence electrons. The van der Waals surface area contributed by atoms with Crippen LogP contribution in [0.3, 0.4) is 0 Å². The first-order valence-electron chi connectivity index (χ1n) is 16.0. The van der Waals surface area contributed by atoms with Gasteiger partial charge in [0.05, 0.1) is 11.7 Å². The van der Waals surface area contributed by atoms with E-state index < -0.39 is 11.7 Å². The lowest BCUT2D eigenvalue weighted by molar-refractivity contribution is -0.137. The average Bonchev–Trinajstić information content (AvgIpc) is 2.97. The molecule has 5 rings (SSSR count). The summed E-state index contributed by atoms with van der Waals surface area (Å²) in [5.74, 6) is 0.922. The van der Waals surface area contributed by atoms with Crippen LogP contribution in [0.4, 0.5) is 18.9 Å². The van der Waals surface area contributed by atoms with E-state index in [9.17, 15) is 13.2 Å². The lowest BCUT2D eigenvalue weighted by Gasteiger charge is -2.51. The van der Waals surface area contributed by atoms with Gasteiger partial charge in [-0.3, -0.25) is 4.90 Å². The van der Waals surface area contributed by atoms with Crippen molar-refractivity contribution in [1.29, 1.82) is 0 Å². The van der Waals surface area contributed by atoms with Crippen LogP contribution in [0, 0.1) is 11.8 Å². The predicted octanol–water partition coefficient (Wildman–Crippen LogP) is 7.96. The van der Waals surface area contributed by atoms with Crippen molar-refractivity contribution in [2.45, 2.75) is 89.0 Å². The van der Waals surface area contributed by atoms with E-state index in [1.165, 1.54) is 17.8 Å². The Hall–Kier alpha value is -2.09. The molecule has 3 aliphatic heterocycles. The molecule has 7 heteroatoms. The van der Waals surface area contributed by atoms with Crippen LogP contribution in [0.25, 0.3) is 0 Å². The fraction of sp³-hybridized carbons (Fsp3) is 0.657. The van der Waals surface area contributed by atoms with Crippen LogP contribution in [0.1, 0.15) is 76.8 Å². The van der Waals surface area contributed by atoms with Crippen molar-refractivity contribution in [3.05, 3.63) is 65.7 Å². The number of para-hydroxylation sites is 1. The van der Waals surface area contributed by atoms with Crippen LogP contribution in [0.5, 0.6) is 0 Å². The van der Waals surface area contributed by atoms with Crippen LogP contribution >= 0.6 is 0 Å². The number of rotatable bonds is 9. The Balaban J connectivity index is 1.26. The van der Waals surface area contributed by atoms with E-state index in [0.717, 1.165) is 89.9 Å². The number of piperazine rings is 1. The van der Waals surface area contributed by atoms with Crippen molar-refractivity contribution in [1.82, 2.24) is 4.90 Å². The lowest BCUT2D eigenvalue weighted by atomic mass is 9.66. The van der Waals surface area contributed by atoms with E-state index in [-0.39, 0.29) is 17.1 Å². The van der Waals surface area contributed by atoms with Gasteiger partial charge in [0, 0.05) is 62.6 Å². The Kier molecular flexibility index (Phi) is 9.90. The van der Waals surface area contributed by atoms with Gasteiger partial charge >= 0.3 is 6.18 Å². The largest absolute Gasteiger partial charge is 0.416 e. The van der Waals surface area contributed by atoms with Gasteiger partial charge in [0.2, 0.25) is 0 Å². The van der Waals surface area contributed by atoms with E-state index in [4.69, 9.17) is 9.47 Å². The summed E-state index contributed by atoms with van der Waals surface area (Å²) in [4.78, 5) is 5.25. The zero-order chi connectivity index (χ0) is 29.8. The maximum Gasteiger partial charge on any atom is 0.416 e. The molecular weight excluding hydrogens is 537 g/mol. The molecule has 3 heterocycles. The monoisotopic (exact) mass is 586 g/mol. The summed E-state index contributed by atoms with van der Waals surface area (Å²) in [5.41, 5.74) is 1.76. The molecular formula is C35H49F3N2O2. The van der Waals surface area contributed by atoms with E-state index in [2.05, 4.69) is 60.9 Å². The van der Waals surface area contributed by atoms with Crippen LogP contribution in [-0.2, 0) is 21.1 Å². The topological polar surface area (TPSA) is 24.9 Å². The average molecular weight is 587 g/mol. The summed E-state index contributed by atoms with van der Waals surface area (Å²) in [5, 5.41) is 0. The highest BCUT2D eigenvalue weighted by atomic mass is 19.4.